The zero-order valence-corrected chi connectivity index (χ0v) is 11.3. The van der Waals surface area contributed by atoms with Gasteiger partial charge in [-0.1, -0.05) is 24.3 Å². The Morgan fingerprint density at radius 3 is 2.24 bits per heavy atom. The summed E-state index contributed by atoms with van der Waals surface area (Å²) in [5.74, 6) is 6.19. The van der Waals surface area contributed by atoms with Crippen molar-refractivity contribution in [1.82, 2.24) is 5.43 Å². The monoisotopic (exact) mass is 296 g/mol. The highest BCUT2D eigenvalue weighted by molar-refractivity contribution is 5.37. The van der Waals surface area contributed by atoms with Gasteiger partial charge in [-0.2, -0.15) is 13.2 Å². The minimum Gasteiger partial charge on any atom is -0.497 e. The molecule has 0 spiro atoms. The molecular weight excluding hydrogens is 281 g/mol. The van der Waals surface area contributed by atoms with E-state index in [0.717, 1.165) is 17.7 Å². The molecule has 0 fully saturated rings. The molecule has 1 unspecified atom stereocenters. The Balaban J connectivity index is 2.32. The third-order valence-electron chi connectivity index (χ3n) is 3.17. The minimum atomic E-state index is -4.35. The van der Waals surface area contributed by atoms with E-state index in [2.05, 4.69) is 5.43 Å². The van der Waals surface area contributed by atoms with Gasteiger partial charge in [-0.25, -0.2) is 5.43 Å². The third-order valence-corrected chi connectivity index (χ3v) is 3.17. The summed E-state index contributed by atoms with van der Waals surface area (Å²) in [5, 5.41) is 0. The normalized spacial score (nSPS) is 13.0. The van der Waals surface area contributed by atoms with Crippen LogP contribution in [0.5, 0.6) is 5.75 Å². The summed E-state index contributed by atoms with van der Waals surface area (Å²) in [6, 6.07) is 11.7. The lowest BCUT2D eigenvalue weighted by Crippen LogP contribution is -2.28. The highest BCUT2D eigenvalue weighted by Gasteiger charge is 2.30. The highest BCUT2D eigenvalue weighted by Crippen LogP contribution is 2.31. The van der Waals surface area contributed by atoms with Crippen molar-refractivity contribution in [3.63, 3.8) is 0 Å². The van der Waals surface area contributed by atoms with Crippen molar-refractivity contribution >= 4 is 0 Å². The molecule has 3 N–H and O–H groups in total. The molecular formula is C15H15F3N2O. The molecule has 21 heavy (non-hydrogen) atoms. The number of halogens is 3. The van der Waals surface area contributed by atoms with Gasteiger partial charge in [0.25, 0.3) is 0 Å². The Morgan fingerprint density at radius 1 is 1.05 bits per heavy atom. The van der Waals surface area contributed by atoms with E-state index in [-0.39, 0.29) is 0 Å². The smallest absolute Gasteiger partial charge is 0.416 e. The van der Waals surface area contributed by atoms with Gasteiger partial charge < -0.3 is 4.74 Å². The van der Waals surface area contributed by atoms with Gasteiger partial charge in [0.15, 0.2) is 0 Å². The van der Waals surface area contributed by atoms with Gasteiger partial charge in [-0.15, -0.1) is 0 Å². The first kappa shape index (κ1) is 15.3. The average Bonchev–Trinajstić information content (AvgIpc) is 2.48. The Hall–Kier alpha value is -2.05. The number of hydrogen-bond acceptors (Lipinski definition) is 3. The second-order valence-corrected chi connectivity index (χ2v) is 4.50. The third kappa shape index (κ3) is 3.53. The molecule has 0 heterocycles. The van der Waals surface area contributed by atoms with Gasteiger partial charge >= 0.3 is 6.18 Å². The van der Waals surface area contributed by atoms with Crippen molar-refractivity contribution in [2.75, 3.05) is 7.11 Å². The van der Waals surface area contributed by atoms with Crippen molar-refractivity contribution in [1.29, 1.82) is 0 Å². The molecule has 0 saturated heterocycles. The van der Waals surface area contributed by atoms with Crippen LogP contribution >= 0.6 is 0 Å². The van der Waals surface area contributed by atoms with Crippen LogP contribution in [-0.2, 0) is 6.18 Å². The van der Waals surface area contributed by atoms with E-state index in [1.807, 2.05) is 6.07 Å². The Morgan fingerprint density at radius 2 is 1.71 bits per heavy atom. The van der Waals surface area contributed by atoms with E-state index in [1.54, 1.807) is 25.3 Å². The van der Waals surface area contributed by atoms with Crippen molar-refractivity contribution in [2.24, 2.45) is 5.84 Å². The Labute approximate surface area is 120 Å². The fourth-order valence-electron chi connectivity index (χ4n) is 2.07. The number of hydrogen-bond donors (Lipinski definition) is 2. The standard InChI is InChI=1S/C15H15F3N2O/c1-21-13-4-2-3-11(9-13)14(20-19)10-5-7-12(8-6-10)15(16,17)18/h2-9,14,20H,19H2,1H3. The van der Waals surface area contributed by atoms with Crippen LogP contribution in [0.2, 0.25) is 0 Å². The maximum absolute atomic E-state index is 12.6. The quantitative estimate of drug-likeness (QED) is 0.672. The maximum atomic E-state index is 12.6. The summed E-state index contributed by atoms with van der Waals surface area (Å²) in [7, 11) is 1.54. The van der Waals surface area contributed by atoms with Crippen molar-refractivity contribution in [2.45, 2.75) is 12.2 Å². The number of ether oxygens (including phenoxy) is 1. The number of nitrogens with one attached hydrogen (secondary N) is 1. The predicted molar refractivity (Wildman–Crippen MR) is 73.6 cm³/mol. The molecule has 0 aromatic heterocycles. The zero-order chi connectivity index (χ0) is 15.5. The van der Waals surface area contributed by atoms with E-state index >= 15 is 0 Å². The average molecular weight is 296 g/mol. The zero-order valence-electron chi connectivity index (χ0n) is 11.3. The number of rotatable bonds is 4. The van der Waals surface area contributed by atoms with Gasteiger partial charge in [0.1, 0.15) is 5.75 Å². The molecule has 1 atom stereocenters. The molecule has 0 amide bonds. The number of methoxy groups -OCH3 is 1. The summed E-state index contributed by atoms with van der Waals surface area (Å²) < 4.78 is 42.8. The van der Waals surface area contributed by atoms with Crippen LogP contribution in [0.1, 0.15) is 22.7 Å². The van der Waals surface area contributed by atoms with E-state index in [9.17, 15) is 13.2 Å². The molecule has 2 rings (SSSR count). The van der Waals surface area contributed by atoms with E-state index in [1.165, 1.54) is 12.1 Å². The number of alkyl halides is 3. The molecule has 0 aliphatic heterocycles. The van der Waals surface area contributed by atoms with Gasteiger partial charge in [-0.3, -0.25) is 5.84 Å². The largest absolute Gasteiger partial charge is 0.497 e. The van der Waals surface area contributed by atoms with E-state index < -0.39 is 17.8 Å². The second kappa shape index (κ2) is 6.15. The van der Waals surface area contributed by atoms with Crippen LogP contribution in [0.15, 0.2) is 48.5 Å². The van der Waals surface area contributed by atoms with Crippen molar-refractivity contribution in [3.05, 3.63) is 65.2 Å². The molecule has 0 saturated carbocycles. The topological polar surface area (TPSA) is 47.3 Å². The summed E-state index contributed by atoms with van der Waals surface area (Å²) in [6.45, 7) is 0. The first-order valence-corrected chi connectivity index (χ1v) is 6.23. The van der Waals surface area contributed by atoms with E-state index in [0.29, 0.717) is 11.3 Å². The molecule has 6 heteroatoms. The SMILES string of the molecule is COc1cccc(C(NN)c2ccc(C(F)(F)F)cc2)c1. The van der Waals surface area contributed by atoms with Gasteiger partial charge in [0.05, 0.1) is 18.7 Å². The number of nitrogens with two attached hydrogens (primary N) is 1. The summed E-state index contributed by atoms with van der Waals surface area (Å²) in [5.41, 5.74) is 3.36. The molecule has 0 aliphatic carbocycles. The van der Waals surface area contributed by atoms with Crippen LogP contribution in [0.4, 0.5) is 13.2 Å². The Bertz CT molecular complexity index is 597. The van der Waals surface area contributed by atoms with Crippen LogP contribution in [0, 0.1) is 0 Å². The van der Waals surface area contributed by atoms with Gasteiger partial charge in [0, 0.05) is 0 Å². The van der Waals surface area contributed by atoms with Gasteiger partial charge in [-0.05, 0) is 35.4 Å². The second-order valence-electron chi connectivity index (χ2n) is 4.50. The maximum Gasteiger partial charge on any atom is 0.416 e. The van der Waals surface area contributed by atoms with Crippen LogP contribution < -0.4 is 16.0 Å². The first-order valence-electron chi connectivity index (χ1n) is 6.23. The lowest BCUT2D eigenvalue weighted by Gasteiger charge is -2.18. The summed E-state index contributed by atoms with van der Waals surface area (Å²) in [6.07, 6.45) is -4.35. The molecule has 0 radical (unpaired) electrons. The highest BCUT2D eigenvalue weighted by atomic mass is 19.4. The molecule has 0 aliphatic rings. The number of hydrazine groups is 1. The van der Waals surface area contributed by atoms with E-state index in [4.69, 9.17) is 10.6 Å². The first-order chi connectivity index (χ1) is 9.95. The molecule has 0 bridgehead atoms. The molecule has 2 aromatic carbocycles. The summed E-state index contributed by atoms with van der Waals surface area (Å²) in [4.78, 5) is 0. The van der Waals surface area contributed by atoms with Crippen molar-refractivity contribution in [3.8, 4) is 5.75 Å². The molecule has 112 valence electrons. The Kier molecular flexibility index (Phi) is 4.50. The lowest BCUT2D eigenvalue weighted by molar-refractivity contribution is -0.137. The molecule has 3 nitrogen and oxygen atoms in total. The fraction of sp³-hybridized carbons (Fsp3) is 0.200. The fourth-order valence-corrected chi connectivity index (χ4v) is 2.07. The summed E-state index contributed by atoms with van der Waals surface area (Å²) >= 11 is 0. The van der Waals surface area contributed by atoms with Crippen LogP contribution in [-0.4, -0.2) is 7.11 Å². The van der Waals surface area contributed by atoms with Crippen LogP contribution in [0.25, 0.3) is 0 Å². The predicted octanol–water partition coefficient (Wildman–Crippen LogP) is 3.27. The lowest BCUT2D eigenvalue weighted by atomic mass is 9.98. The number of benzene rings is 2. The molecule has 2 aromatic rings. The van der Waals surface area contributed by atoms with Gasteiger partial charge in [0.2, 0.25) is 0 Å². The minimum absolute atomic E-state index is 0.414. The van der Waals surface area contributed by atoms with Crippen LogP contribution in [0.3, 0.4) is 0 Å². The van der Waals surface area contributed by atoms with Crippen molar-refractivity contribution < 1.29 is 17.9 Å².